The minimum absolute atomic E-state index is 0.0552. The summed E-state index contributed by atoms with van der Waals surface area (Å²) in [7, 11) is -2.92. The van der Waals surface area contributed by atoms with Crippen LogP contribution < -0.4 is 10.1 Å². The van der Waals surface area contributed by atoms with Crippen molar-refractivity contribution in [1.29, 1.82) is 0 Å². The molecule has 3 N–H and O–H groups in total. The third-order valence-corrected chi connectivity index (χ3v) is 5.87. The van der Waals surface area contributed by atoms with Crippen LogP contribution in [-0.2, 0) is 15.3 Å². The summed E-state index contributed by atoms with van der Waals surface area (Å²) in [6.07, 6.45) is 4.05. The summed E-state index contributed by atoms with van der Waals surface area (Å²) < 4.78 is 31.4. The quantitative estimate of drug-likeness (QED) is 0.583. The number of rotatable bonds is 6. The molecule has 2 aliphatic rings. The standard InChI is InChI=1S/C17H24N4O6S/c22-15(23)14(20-28(25)26)16(24)3-5-17(6-4-16,21-11-9-19-10-12-21)27-13-1-7-18-8-2-13/h1-2,7-8,14,19,24H,3-6,9-12H2,(H,22,23). The molecule has 1 unspecified atom stereocenters. The van der Waals surface area contributed by atoms with Crippen LogP contribution >= 0.6 is 0 Å². The Labute approximate surface area is 164 Å². The van der Waals surface area contributed by atoms with Gasteiger partial charge in [0.15, 0.2) is 11.8 Å². The lowest BCUT2D eigenvalue weighted by atomic mass is 9.75. The summed E-state index contributed by atoms with van der Waals surface area (Å²) in [6.45, 7) is 3.10. The summed E-state index contributed by atoms with van der Waals surface area (Å²) in [6, 6.07) is 1.77. The van der Waals surface area contributed by atoms with Crippen molar-refractivity contribution in [2.24, 2.45) is 4.36 Å². The molecule has 0 aromatic carbocycles. The Morgan fingerprint density at radius 1 is 1.21 bits per heavy atom. The summed E-state index contributed by atoms with van der Waals surface area (Å²) in [5.41, 5.74) is -2.46. The number of nitrogens with zero attached hydrogens (tertiary/aromatic N) is 3. The van der Waals surface area contributed by atoms with E-state index >= 15 is 0 Å². The highest BCUT2D eigenvalue weighted by Gasteiger charge is 2.52. The van der Waals surface area contributed by atoms with E-state index in [1.54, 1.807) is 24.5 Å². The van der Waals surface area contributed by atoms with Gasteiger partial charge < -0.3 is 20.3 Å². The number of aliphatic carboxylic acids is 1. The zero-order valence-electron chi connectivity index (χ0n) is 15.3. The number of aliphatic hydroxyl groups is 1. The number of carboxylic acid groups (broad SMARTS) is 1. The Kier molecular flexibility index (Phi) is 6.28. The zero-order chi connectivity index (χ0) is 20.2. The number of piperazine rings is 1. The number of hydrogen-bond acceptors (Lipinski definition) is 9. The topological polar surface area (TPSA) is 141 Å². The van der Waals surface area contributed by atoms with Crippen molar-refractivity contribution in [1.82, 2.24) is 15.2 Å². The molecule has 11 heteroatoms. The number of carboxylic acids is 1. The number of hydrogen-bond donors (Lipinski definition) is 3. The van der Waals surface area contributed by atoms with Crippen molar-refractivity contribution in [3.8, 4) is 5.75 Å². The van der Waals surface area contributed by atoms with E-state index < -0.39 is 33.8 Å². The van der Waals surface area contributed by atoms with Crippen LogP contribution in [0.15, 0.2) is 28.9 Å². The molecule has 1 atom stereocenters. The Morgan fingerprint density at radius 3 is 2.36 bits per heavy atom. The maximum absolute atomic E-state index is 11.5. The third kappa shape index (κ3) is 4.49. The van der Waals surface area contributed by atoms with Crippen LogP contribution in [0.3, 0.4) is 0 Å². The molecule has 3 rings (SSSR count). The van der Waals surface area contributed by atoms with Gasteiger partial charge in [-0.1, -0.05) is 0 Å². The second-order valence-electron chi connectivity index (χ2n) is 7.14. The van der Waals surface area contributed by atoms with Gasteiger partial charge in [0, 0.05) is 51.4 Å². The molecule has 1 aliphatic carbocycles. The Hall–Kier alpha value is -2.08. The summed E-state index contributed by atoms with van der Waals surface area (Å²) >= 11 is 0. The van der Waals surface area contributed by atoms with Gasteiger partial charge in [-0.2, -0.15) is 12.8 Å². The van der Waals surface area contributed by atoms with E-state index in [0.717, 1.165) is 26.2 Å². The first-order valence-corrected chi connectivity index (χ1v) is 10.2. The monoisotopic (exact) mass is 412 g/mol. The molecular formula is C17H24N4O6S. The van der Waals surface area contributed by atoms with E-state index in [1.165, 1.54) is 0 Å². The van der Waals surface area contributed by atoms with Crippen molar-refractivity contribution >= 4 is 16.5 Å². The van der Waals surface area contributed by atoms with Gasteiger partial charge in [0.05, 0.1) is 5.60 Å². The number of pyridine rings is 1. The molecule has 2 fully saturated rings. The molecule has 10 nitrogen and oxygen atoms in total. The van der Waals surface area contributed by atoms with Gasteiger partial charge in [0.1, 0.15) is 5.75 Å². The van der Waals surface area contributed by atoms with Crippen LogP contribution in [0.1, 0.15) is 25.7 Å². The van der Waals surface area contributed by atoms with Crippen molar-refractivity contribution < 1.29 is 28.2 Å². The van der Waals surface area contributed by atoms with Crippen LogP contribution in [-0.4, -0.2) is 78.0 Å². The Balaban J connectivity index is 1.85. The normalized spacial score (nSPS) is 29.6. The van der Waals surface area contributed by atoms with Gasteiger partial charge >= 0.3 is 16.5 Å². The zero-order valence-corrected chi connectivity index (χ0v) is 16.1. The molecular weight excluding hydrogens is 388 g/mol. The van der Waals surface area contributed by atoms with Gasteiger partial charge in [-0.05, 0) is 25.0 Å². The Morgan fingerprint density at radius 2 is 1.82 bits per heavy atom. The van der Waals surface area contributed by atoms with Crippen molar-refractivity contribution in [3.05, 3.63) is 24.5 Å². The molecule has 0 amide bonds. The van der Waals surface area contributed by atoms with Gasteiger partial charge in [0.2, 0.25) is 0 Å². The molecule has 28 heavy (non-hydrogen) atoms. The second-order valence-corrected chi connectivity index (χ2v) is 7.78. The summed E-state index contributed by atoms with van der Waals surface area (Å²) in [5.74, 6) is -0.824. The molecule has 2 heterocycles. The van der Waals surface area contributed by atoms with Crippen molar-refractivity contribution in [2.45, 2.75) is 43.1 Å². The number of aromatic nitrogens is 1. The lowest BCUT2D eigenvalue weighted by molar-refractivity contribution is -0.167. The van der Waals surface area contributed by atoms with Crippen LogP contribution in [0, 0.1) is 0 Å². The fourth-order valence-electron chi connectivity index (χ4n) is 3.99. The average molecular weight is 412 g/mol. The van der Waals surface area contributed by atoms with E-state index in [2.05, 4.69) is 19.6 Å². The van der Waals surface area contributed by atoms with E-state index in [9.17, 15) is 23.4 Å². The van der Waals surface area contributed by atoms with Crippen LogP contribution in [0.25, 0.3) is 0 Å². The highest BCUT2D eigenvalue weighted by atomic mass is 32.2. The highest BCUT2D eigenvalue weighted by molar-refractivity contribution is 7.61. The van der Waals surface area contributed by atoms with Gasteiger partial charge in [0.25, 0.3) is 0 Å². The SMILES string of the molecule is O=C(O)C(N=S(=O)=O)C1(O)CCC(Oc2ccncc2)(N2CCNCC2)CC1. The molecule has 1 aromatic heterocycles. The maximum atomic E-state index is 11.5. The lowest BCUT2D eigenvalue weighted by Gasteiger charge is -2.51. The maximum Gasteiger partial charge on any atom is 0.332 e. The van der Waals surface area contributed by atoms with E-state index in [0.29, 0.717) is 18.6 Å². The molecule has 154 valence electrons. The third-order valence-electron chi connectivity index (χ3n) is 5.48. The molecule has 0 radical (unpaired) electrons. The molecule has 0 spiro atoms. The lowest BCUT2D eigenvalue weighted by Crippen LogP contribution is -2.63. The van der Waals surface area contributed by atoms with Crippen molar-refractivity contribution in [2.75, 3.05) is 26.2 Å². The van der Waals surface area contributed by atoms with E-state index in [4.69, 9.17) is 4.74 Å². The van der Waals surface area contributed by atoms with E-state index in [1.807, 2.05) is 0 Å². The molecule has 1 saturated carbocycles. The Bertz CT molecular complexity index is 809. The molecule has 1 saturated heterocycles. The first-order chi connectivity index (χ1) is 13.3. The number of ether oxygens (including phenoxy) is 1. The fourth-order valence-corrected chi connectivity index (χ4v) is 4.45. The fraction of sp³-hybridized carbons (Fsp3) is 0.647. The average Bonchev–Trinajstić information content (AvgIpc) is 2.69. The molecule has 1 aromatic rings. The number of carbonyl (C=O) groups is 1. The largest absolute Gasteiger partial charge is 0.480 e. The van der Waals surface area contributed by atoms with Crippen LogP contribution in [0.4, 0.5) is 0 Å². The highest BCUT2D eigenvalue weighted by Crippen LogP contribution is 2.42. The smallest absolute Gasteiger partial charge is 0.332 e. The van der Waals surface area contributed by atoms with Crippen LogP contribution in [0.5, 0.6) is 5.75 Å². The number of nitrogens with one attached hydrogen (secondary N) is 1. The minimum atomic E-state index is -2.92. The first-order valence-electron chi connectivity index (χ1n) is 9.15. The van der Waals surface area contributed by atoms with Gasteiger partial charge in [-0.25, -0.2) is 4.79 Å². The van der Waals surface area contributed by atoms with Crippen molar-refractivity contribution in [3.63, 3.8) is 0 Å². The molecule has 1 aliphatic heterocycles. The second kappa shape index (κ2) is 8.52. The predicted octanol–water partition coefficient (Wildman–Crippen LogP) is -0.117. The summed E-state index contributed by atoms with van der Waals surface area (Å²) in [4.78, 5) is 17.7. The van der Waals surface area contributed by atoms with Gasteiger partial charge in [-0.15, -0.1) is 0 Å². The first kappa shape index (κ1) is 20.6. The van der Waals surface area contributed by atoms with E-state index in [-0.39, 0.29) is 12.8 Å². The molecule has 0 bridgehead atoms. The van der Waals surface area contributed by atoms with Crippen LogP contribution in [0.2, 0.25) is 0 Å². The minimum Gasteiger partial charge on any atom is -0.480 e. The predicted molar refractivity (Wildman–Crippen MR) is 98.2 cm³/mol. The summed E-state index contributed by atoms with van der Waals surface area (Å²) in [5, 5.41) is 23.6. The van der Waals surface area contributed by atoms with Gasteiger partial charge in [-0.3, -0.25) is 9.88 Å².